The number of hydrogen-bond donors (Lipinski definition) is 1. The zero-order chi connectivity index (χ0) is 21.2. The number of carbonyl (C=O) groups is 3. The Kier molecular flexibility index (Phi) is 9.79. The van der Waals surface area contributed by atoms with Crippen molar-refractivity contribution in [1.29, 1.82) is 0 Å². The summed E-state index contributed by atoms with van der Waals surface area (Å²) in [5.74, 6) is -0.0815. The van der Waals surface area contributed by atoms with Gasteiger partial charge >= 0.3 is 12.1 Å². The first kappa shape index (κ1) is 23.8. The first-order chi connectivity index (χ1) is 13.2. The minimum absolute atomic E-state index is 0.0583. The summed E-state index contributed by atoms with van der Waals surface area (Å²) in [4.78, 5) is 34.8. The molecule has 0 saturated carbocycles. The molecule has 0 aliphatic carbocycles. The normalized spacial score (nSPS) is 10.9. The summed E-state index contributed by atoms with van der Waals surface area (Å²) in [6, 6.07) is 2.85. The molecule has 0 heterocycles. The van der Waals surface area contributed by atoms with Gasteiger partial charge in [-0.3, -0.25) is 9.59 Å². The fraction of sp³-hybridized carbons (Fsp3) is 0.550. The Balaban J connectivity index is 2.56. The van der Waals surface area contributed by atoms with Crippen molar-refractivity contribution in [2.75, 3.05) is 13.2 Å². The van der Waals surface area contributed by atoms with Crippen LogP contribution in [0.3, 0.4) is 0 Å². The van der Waals surface area contributed by atoms with Gasteiger partial charge in [-0.15, -0.1) is 0 Å². The molecule has 7 nitrogen and oxygen atoms in total. The largest absolute Gasteiger partial charge is 0.492 e. The van der Waals surface area contributed by atoms with Crippen molar-refractivity contribution in [3.63, 3.8) is 0 Å². The van der Waals surface area contributed by atoms with E-state index in [2.05, 4.69) is 5.32 Å². The van der Waals surface area contributed by atoms with E-state index in [1.54, 1.807) is 20.8 Å². The van der Waals surface area contributed by atoms with E-state index >= 15 is 0 Å². The number of amides is 1. The van der Waals surface area contributed by atoms with Crippen LogP contribution in [0.4, 0.5) is 4.79 Å². The van der Waals surface area contributed by atoms with Crippen LogP contribution in [0, 0.1) is 0 Å². The molecule has 1 rings (SSSR count). The number of unbranched alkanes of at least 4 members (excludes halogenated alkanes) is 1. The van der Waals surface area contributed by atoms with Crippen LogP contribution in [0.1, 0.15) is 63.7 Å². The van der Waals surface area contributed by atoms with Gasteiger partial charge in [0, 0.05) is 19.0 Å². The van der Waals surface area contributed by atoms with Gasteiger partial charge in [0.2, 0.25) is 0 Å². The molecule has 0 aromatic heterocycles. The lowest BCUT2D eigenvalue weighted by atomic mass is 10.2. The number of halogens is 1. The van der Waals surface area contributed by atoms with Crippen molar-refractivity contribution < 1.29 is 28.6 Å². The highest BCUT2D eigenvalue weighted by atomic mass is 35.5. The molecule has 0 atom stereocenters. The van der Waals surface area contributed by atoms with E-state index in [-0.39, 0.29) is 29.3 Å². The van der Waals surface area contributed by atoms with E-state index in [1.165, 1.54) is 12.1 Å². The Morgan fingerprint density at radius 3 is 2.50 bits per heavy atom. The second kappa shape index (κ2) is 11.5. The maximum absolute atomic E-state index is 12.1. The Labute approximate surface area is 170 Å². The van der Waals surface area contributed by atoms with Gasteiger partial charge in [-0.05, 0) is 39.7 Å². The third-order valence-corrected chi connectivity index (χ3v) is 3.69. The number of alkyl carbamates (subject to hydrolysis) is 1. The van der Waals surface area contributed by atoms with Gasteiger partial charge in [-0.25, -0.2) is 4.79 Å². The number of carbonyl (C=O) groups excluding carboxylic acids is 3. The van der Waals surface area contributed by atoms with Crippen LogP contribution in [0.2, 0.25) is 5.02 Å². The number of nitrogens with one attached hydrogen (secondary N) is 1. The molecule has 0 bridgehead atoms. The fourth-order valence-electron chi connectivity index (χ4n) is 2.08. The van der Waals surface area contributed by atoms with Gasteiger partial charge < -0.3 is 19.5 Å². The van der Waals surface area contributed by atoms with Gasteiger partial charge in [0.05, 0.1) is 17.2 Å². The summed E-state index contributed by atoms with van der Waals surface area (Å²) in [5.41, 5.74) is -0.423. The molecular weight excluding hydrogens is 386 g/mol. The lowest BCUT2D eigenvalue weighted by Gasteiger charge is -2.19. The average Bonchev–Trinajstić information content (AvgIpc) is 2.59. The van der Waals surface area contributed by atoms with E-state index in [4.69, 9.17) is 25.8 Å². The summed E-state index contributed by atoms with van der Waals surface area (Å²) in [7, 11) is 0. The van der Waals surface area contributed by atoms with Gasteiger partial charge in [0.1, 0.15) is 17.1 Å². The molecule has 0 aliphatic rings. The number of aldehydes is 1. The summed E-state index contributed by atoms with van der Waals surface area (Å²) in [6.45, 7) is 8.06. The van der Waals surface area contributed by atoms with Crippen molar-refractivity contribution in [3.8, 4) is 11.5 Å². The van der Waals surface area contributed by atoms with Gasteiger partial charge in [0.15, 0.2) is 6.29 Å². The van der Waals surface area contributed by atoms with Crippen molar-refractivity contribution >= 4 is 29.9 Å². The number of esters is 1. The monoisotopic (exact) mass is 413 g/mol. The molecule has 0 radical (unpaired) electrons. The zero-order valence-corrected chi connectivity index (χ0v) is 17.6. The van der Waals surface area contributed by atoms with Crippen LogP contribution in [0.25, 0.3) is 0 Å². The second-order valence-corrected chi connectivity index (χ2v) is 7.55. The third kappa shape index (κ3) is 9.08. The SMILES string of the molecule is CCCCOc1cc(OC(=O)CCCNC(=O)OC(C)(C)C)c(C=O)cc1Cl. The number of benzene rings is 1. The van der Waals surface area contributed by atoms with Crippen LogP contribution in [0.5, 0.6) is 11.5 Å². The average molecular weight is 414 g/mol. The molecule has 1 N–H and O–H groups in total. The summed E-state index contributed by atoms with van der Waals surface area (Å²) < 4.78 is 15.9. The molecular formula is C20H28ClNO6. The van der Waals surface area contributed by atoms with Gasteiger partial charge in [-0.2, -0.15) is 0 Å². The molecule has 28 heavy (non-hydrogen) atoms. The summed E-state index contributed by atoms with van der Waals surface area (Å²) >= 11 is 6.10. The molecule has 1 aromatic carbocycles. The fourth-order valence-corrected chi connectivity index (χ4v) is 2.31. The molecule has 156 valence electrons. The van der Waals surface area contributed by atoms with E-state index in [0.29, 0.717) is 25.1 Å². The summed E-state index contributed by atoms with van der Waals surface area (Å²) in [6.07, 6.45) is 2.25. The number of hydrogen-bond acceptors (Lipinski definition) is 6. The smallest absolute Gasteiger partial charge is 0.407 e. The van der Waals surface area contributed by atoms with Crippen LogP contribution < -0.4 is 14.8 Å². The minimum Gasteiger partial charge on any atom is -0.492 e. The Morgan fingerprint density at radius 2 is 1.89 bits per heavy atom. The van der Waals surface area contributed by atoms with Crippen LogP contribution >= 0.6 is 11.6 Å². The summed E-state index contributed by atoms with van der Waals surface area (Å²) in [5, 5.41) is 2.84. The maximum atomic E-state index is 12.1. The van der Waals surface area contributed by atoms with E-state index < -0.39 is 17.7 Å². The highest BCUT2D eigenvalue weighted by Gasteiger charge is 2.16. The van der Waals surface area contributed by atoms with Crippen molar-refractivity contribution in [2.24, 2.45) is 0 Å². The van der Waals surface area contributed by atoms with Crippen LogP contribution in [-0.2, 0) is 9.53 Å². The molecule has 0 fully saturated rings. The van der Waals surface area contributed by atoms with Crippen LogP contribution in [-0.4, -0.2) is 37.1 Å². The molecule has 0 unspecified atom stereocenters. The first-order valence-corrected chi connectivity index (χ1v) is 9.63. The highest BCUT2D eigenvalue weighted by molar-refractivity contribution is 6.32. The maximum Gasteiger partial charge on any atom is 0.407 e. The second-order valence-electron chi connectivity index (χ2n) is 7.15. The Bertz CT molecular complexity index is 684. The number of ether oxygens (including phenoxy) is 3. The number of rotatable bonds is 10. The Morgan fingerprint density at radius 1 is 1.18 bits per heavy atom. The molecule has 0 spiro atoms. The lowest BCUT2D eigenvalue weighted by Crippen LogP contribution is -2.33. The predicted molar refractivity (Wildman–Crippen MR) is 106 cm³/mol. The van der Waals surface area contributed by atoms with E-state index in [9.17, 15) is 14.4 Å². The van der Waals surface area contributed by atoms with E-state index in [0.717, 1.165) is 12.8 Å². The van der Waals surface area contributed by atoms with Gasteiger partial charge in [-0.1, -0.05) is 24.9 Å². The lowest BCUT2D eigenvalue weighted by molar-refractivity contribution is -0.134. The van der Waals surface area contributed by atoms with Crippen LogP contribution in [0.15, 0.2) is 12.1 Å². The van der Waals surface area contributed by atoms with Crippen molar-refractivity contribution in [2.45, 2.75) is 59.0 Å². The molecule has 0 saturated heterocycles. The molecule has 1 amide bonds. The zero-order valence-electron chi connectivity index (χ0n) is 16.8. The topological polar surface area (TPSA) is 90.9 Å². The minimum atomic E-state index is -0.584. The molecule has 0 aliphatic heterocycles. The highest BCUT2D eigenvalue weighted by Crippen LogP contribution is 2.32. The third-order valence-electron chi connectivity index (χ3n) is 3.40. The van der Waals surface area contributed by atoms with Crippen molar-refractivity contribution in [1.82, 2.24) is 5.32 Å². The van der Waals surface area contributed by atoms with Gasteiger partial charge in [0.25, 0.3) is 0 Å². The predicted octanol–water partition coefficient (Wildman–Crippen LogP) is 4.54. The quantitative estimate of drug-likeness (QED) is 0.262. The van der Waals surface area contributed by atoms with E-state index in [1.807, 2.05) is 6.92 Å². The molecule has 1 aromatic rings. The Hall–Kier alpha value is -2.28. The first-order valence-electron chi connectivity index (χ1n) is 9.25. The van der Waals surface area contributed by atoms with Crippen molar-refractivity contribution in [3.05, 3.63) is 22.7 Å². The standard InChI is InChI=1S/C20H28ClNO6/c1-5-6-10-26-17-12-16(14(13-23)11-15(17)21)27-18(24)8-7-9-22-19(25)28-20(2,3)4/h11-13H,5-10H2,1-4H3,(H,22,25). The molecule has 8 heteroatoms.